The Labute approximate surface area is 104 Å². The summed E-state index contributed by atoms with van der Waals surface area (Å²) in [4.78, 5) is 15.4. The molecule has 0 fully saturated rings. The fraction of sp³-hybridized carbons (Fsp3) is 0.0769. The van der Waals surface area contributed by atoms with E-state index in [2.05, 4.69) is 15.6 Å². The highest BCUT2D eigenvalue weighted by Crippen LogP contribution is 2.06. The molecule has 1 heterocycles. The fourth-order valence-electron chi connectivity index (χ4n) is 1.43. The second kappa shape index (κ2) is 5.77. The zero-order valence-electron chi connectivity index (χ0n) is 9.56. The van der Waals surface area contributed by atoms with Crippen molar-refractivity contribution in [2.75, 3.05) is 5.32 Å². The first kappa shape index (κ1) is 12.0. The van der Waals surface area contributed by atoms with E-state index in [1.54, 1.807) is 36.5 Å². The number of anilines is 1. The van der Waals surface area contributed by atoms with Crippen molar-refractivity contribution in [2.45, 2.75) is 6.54 Å². The molecule has 2 N–H and O–H groups in total. The van der Waals surface area contributed by atoms with Crippen molar-refractivity contribution in [1.82, 2.24) is 10.3 Å². The molecule has 2 aromatic rings. The molecule has 5 heteroatoms. The Morgan fingerprint density at radius 2 is 2.06 bits per heavy atom. The van der Waals surface area contributed by atoms with E-state index in [0.29, 0.717) is 11.3 Å². The normalized spacial score (nSPS) is 9.83. The van der Waals surface area contributed by atoms with E-state index in [-0.39, 0.29) is 12.4 Å². The number of rotatable bonds is 3. The predicted molar refractivity (Wildman–Crippen MR) is 66.5 cm³/mol. The highest BCUT2D eigenvalue weighted by Gasteiger charge is 2.04. The molecule has 0 spiro atoms. The molecule has 0 saturated heterocycles. The number of carbonyl (C=O) groups excluding carboxylic acids is 1. The first-order valence-electron chi connectivity index (χ1n) is 5.44. The number of urea groups is 1. The third kappa shape index (κ3) is 3.28. The quantitative estimate of drug-likeness (QED) is 0.873. The van der Waals surface area contributed by atoms with Gasteiger partial charge in [0.15, 0.2) is 0 Å². The first-order chi connectivity index (χ1) is 8.75. The van der Waals surface area contributed by atoms with Crippen LogP contribution in [0.15, 0.2) is 48.8 Å². The van der Waals surface area contributed by atoms with Gasteiger partial charge in [-0.25, -0.2) is 9.18 Å². The van der Waals surface area contributed by atoms with Crippen molar-refractivity contribution >= 4 is 11.7 Å². The summed E-state index contributed by atoms with van der Waals surface area (Å²) >= 11 is 0. The Hall–Kier alpha value is -2.43. The summed E-state index contributed by atoms with van der Waals surface area (Å²) in [5.41, 5.74) is 1.03. The first-order valence-corrected chi connectivity index (χ1v) is 5.44. The van der Waals surface area contributed by atoms with Gasteiger partial charge in [-0.15, -0.1) is 0 Å². The van der Waals surface area contributed by atoms with Crippen LogP contribution in [0.25, 0.3) is 0 Å². The van der Waals surface area contributed by atoms with Crippen molar-refractivity contribution < 1.29 is 9.18 Å². The standard InChI is InChI=1S/C13H12FN3O/c14-12-6-2-1-4-10(12)8-16-13(18)17-11-5-3-7-15-9-11/h1-7,9H,8H2,(H2,16,17,18). The Morgan fingerprint density at radius 1 is 1.22 bits per heavy atom. The molecule has 0 aliphatic heterocycles. The Bertz CT molecular complexity index is 531. The molecule has 0 radical (unpaired) electrons. The van der Waals surface area contributed by atoms with Crippen molar-refractivity contribution in [1.29, 1.82) is 0 Å². The minimum Gasteiger partial charge on any atom is -0.334 e. The topological polar surface area (TPSA) is 54.0 Å². The molecule has 92 valence electrons. The SMILES string of the molecule is O=C(NCc1ccccc1F)Nc1cccnc1. The van der Waals surface area contributed by atoms with Gasteiger partial charge in [-0.1, -0.05) is 18.2 Å². The number of amides is 2. The summed E-state index contributed by atoms with van der Waals surface area (Å²) < 4.78 is 13.3. The van der Waals surface area contributed by atoms with Crippen molar-refractivity contribution in [3.05, 3.63) is 60.2 Å². The van der Waals surface area contributed by atoms with Gasteiger partial charge in [0.25, 0.3) is 0 Å². The molecule has 0 bridgehead atoms. The van der Waals surface area contributed by atoms with Gasteiger partial charge in [-0.2, -0.15) is 0 Å². The van der Waals surface area contributed by atoms with Crippen LogP contribution in [0.3, 0.4) is 0 Å². The molecule has 0 aliphatic carbocycles. The summed E-state index contributed by atoms with van der Waals surface area (Å²) in [5, 5.41) is 5.17. The molecule has 1 aromatic heterocycles. The predicted octanol–water partition coefficient (Wildman–Crippen LogP) is 2.54. The summed E-state index contributed by atoms with van der Waals surface area (Å²) in [6.45, 7) is 0.138. The molecule has 0 saturated carbocycles. The smallest absolute Gasteiger partial charge is 0.319 e. The van der Waals surface area contributed by atoms with Gasteiger partial charge in [0.1, 0.15) is 5.82 Å². The number of nitrogens with zero attached hydrogens (tertiary/aromatic N) is 1. The molecule has 18 heavy (non-hydrogen) atoms. The molecule has 0 unspecified atom stereocenters. The number of halogens is 1. The van der Waals surface area contributed by atoms with Crippen LogP contribution in [-0.4, -0.2) is 11.0 Å². The minimum absolute atomic E-state index is 0.138. The average Bonchev–Trinajstić information content (AvgIpc) is 2.39. The van der Waals surface area contributed by atoms with E-state index in [9.17, 15) is 9.18 Å². The third-order valence-corrected chi connectivity index (χ3v) is 2.32. The van der Waals surface area contributed by atoms with Crippen LogP contribution >= 0.6 is 0 Å². The van der Waals surface area contributed by atoms with Crippen LogP contribution in [-0.2, 0) is 6.54 Å². The second-order valence-electron chi connectivity index (χ2n) is 3.64. The molecule has 2 rings (SSSR count). The molecule has 2 amide bonds. The van der Waals surface area contributed by atoms with Crippen LogP contribution in [0.4, 0.5) is 14.9 Å². The van der Waals surface area contributed by atoms with E-state index < -0.39 is 6.03 Å². The van der Waals surface area contributed by atoms with Gasteiger partial charge < -0.3 is 10.6 Å². The third-order valence-electron chi connectivity index (χ3n) is 2.32. The van der Waals surface area contributed by atoms with E-state index in [0.717, 1.165) is 0 Å². The van der Waals surface area contributed by atoms with Gasteiger partial charge in [0.2, 0.25) is 0 Å². The Morgan fingerprint density at radius 3 is 2.78 bits per heavy atom. The van der Waals surface area contributed by atoms with Crippen LogP contribution < -0.4 is 10.6 Å². The number of hydrogen-bond acceptors (Lipinski definition) is 2. The molecular weight excluding hydrogens is 233 g/mol. The van der Waals surface area contributed by atoms with Crippen LogP contribution in [0.1, 0.15) is 5.56 Å². The highest BCUT2D eigenvalue weighted by molar-refractivity contribution is 5.88. The highest BCUT2D eigenvalue weighted by atomic mass is 19.1. The number of nitrogens with one attached hydrogen (secondary N) is 2. The van der Waals surface area contributed by atoms with Gasteiger partial charge in [0, 0.05) is 18.3 Å². The van der Waals surface area contributed by atoms with E-state index in [1.807, 2.05) is 0 Å². The van der Waals surface area contributed by atoms with Crippen molar-refractivity contribution in [2.24, 2.45) is 0 Å². The summed E-state index contributed by atoms with van der Waals surface area (Å²) in [6, 6.07) is 9.34. The largest absolute Gasteiger partial charge is 0.334 e. The number of benzene rings is 1. The number of hydrogen-bond donors (Lipinski definition) is 2. The monoisotopic (exact) mass is 245 g/mol. The molecule has 0 aliphatic rings. The maximum absolute atomic E-state index is 13.3. The summed E-state index contributed by atoms with van der Waals surface area (Å²) in [7, 11) is 0. The molecule has 0 atom stereocenters. The Balaban J connectivity index is 1.88. The van der Waals surface area contributed by atoms with E-state index >= 15 is 0 Å². The van der Waals surface area contributed by atoms with Gasteiger partial charge in [0.05, 0.1) is 11.9 Å². The van der Waals surface area contributed by atoms with Crippen LogP contribution in [0.2, 0.25) is 0 Å². The summed E-state index contributed by atoms with van der Waals surface area (Å²) in [6.07, 6.45) is 3.14. The van der Waals surface area contributed by atoms with Crippen molar-refractivity contribution in [3.63, 3.8) is 0 Å². The second-order valence-corrected chi connectivity index (χ2v) is 3.64. The molecular formula is C13H12FN3O. The zero-order chi connectivity index (χ0) is 12.8. The lowest BCUT2D eigenvalue weighted by molar-refractivity contribution is 0.251. The molecule has 1 aromatic carbocycles. The maximum Gasteiger partial charge on any atom is 0.319 e. The van der Waals surface area contributed by atoms with Gasteiger partial charge in [-0.3, -0.25) is 4.98 Å². The lowest BCUT2D eigenvalue weighted by Gasteiger charge is -2.07. The van der Waals surface area contributed by atoms with Crippen LogP contribution in [0, 0.1) is 5.82 Å². The lowest BCUT2D eigenvalue weighted by Crippen LogP contribution is -2.28. The zero-order valence-corrected chi connectivity index (χ0v) is 9.56. The summed E-state index contributed by atoms with van der Waals surface area (Å²) in [5.74, 6) is -0.334. The number of pyridine rings is 1. The van der Waals surface area contributed by atoms with Crippen LogP contribution in [0.5, 0.6) is 0 Å². The van der Waals surface area contributed by atoms with Gasteiger partial charge >= 0.3 is 6.03 Å². The fourth-order valence-corrected chi connectivity index (χ4v) is 1.43. The minimum atomic E-state index is -0.397. The maximum atomic E-state index is 13.3. The molecule has 4 nitrogen and oxygen atoms in total. The Kier molecular flexibility index (Phi) is 3.86. The lowest BCUT2D eigenvalue weighted by atomic mass is 10.2. The number of carbonyl (C=O) groups is 1. The van der Waals surface area contributed by atoms with E-state index in [1.165, 1.54) is 12.3 Å². The van der Waals surface area contributed by atoms with E-state index in [4.69, 9.17) is 0 Å². The number of aromatic nitrogens is 1. The van der Waals surface area contributed by atoms with Crippen molar-refractivity contribution in [3.8, 4) is 0 Å². The average molecular weight is 245 g/mol. The van der Waals surface area contributed by atoms with Gasteiger partial charge in [-0.05, 0) is 18.2 Å².